The van der Waals surface area contributed by atoms with Crippen LogP contribution in [0.25, 0.3) is 11.3 Å². The Labute approximate surface area is 121 Å². The van der Waals surface area contributed by atoms with E-state index in [0.717, 1.165) is 18.6 Å². The Morgan fingerprint density at radius 2 is 2.24 bits per heavy atom. The number of ether oxygens (including phenoxy) is 1. The van der Waals surface area contributed by atoms with Crippen molar-refractivity contribution in [3.05, 3.63) is 42.1 Å². The Kier molecular flexibility index (Phi) is 4.07. The maximum absolute atomic E-state index is 11.9. The normalized spacial score (nSPS) is 18.2. The molecule has 6 nitrogen and oxygen atoms in total. The van der Waals surface area contributed by atoms with E-state index in [4.69, 9.17) is 9.26 Å². The molecule has 0 radical (unpaired) electrons. The van der Waals surface area contributed by atoms with Gasteiger partial charge in [0, 0.05) is 30.4 Å². The Morgan fingerprint density at radius 1 is 1.38 bits per heavy atom. The van der Waals surface area contributed by atoms with Crippen molar-refractivity contribution in [3.8, 4) is 11.3 Å². The first-order valence-corrected chi connectivity index (χ1v) is 6.76. The van der Waals surface area contributed by atoms with Crippen LogP contribution in [-0.4, -0.2) is 30.5 Å². The zero-order valence-corrected chi connectivity index (χ0v) is 11.4. The van der Waals surface area contributed by atoms with Gasteiger partial charge in [0.25, 0.3) is 5.91 Å². The predicted molar refractivity (Wildman–Crippen MR) is 76.8 cm³/mol. The number of hydrazone groups is 1. The fourth-order valence-corrected chi connectivity index (χ4v) is 2.05. The van der Waals surface area contributed by atoms with Crippen LogP contribution in [0.3, 0.4) is 0 Å². The number of carbonyl (C=O) groups is 1. The van der Waals surface area contributed by atoms with E-state index in [9.17, 15) is 4.79 Å². The molecule has 1 aromatic carbocycles. The molecule has 21 heavy (non-hydrogen) atoms. The molecule has 6 heteroatoms. The maximum atomic E-state index is 11.9. The number of aromatic nitrogens is 1. The summed E-state index contributed by atoms with van der Waals surface area (Å²) in [5.74, 6) is 0.424. The van der Waals surface area contributed by atoms with Crippen LogP contribution in [0, 0.1) is 5.92 Å². The number of nitrogens with one attached hydrogen (secondary N) is 1. The number of nitrogens with zero attached hydrogens (tertiary/aromatic N) is 2. The molecule has 3 rings (SSSR count). The minimum Gasteiger partial charge on any atom is -0.381 e. The van der Waals surface area contributed by atoms with Gasteiger partial charge in [0.15, 0.2) is 11.5 Å². The van der Waals surface area contributed by atoms with Gasteiger partial charge >= 0.3 is 0 Å². The van der Waals surface area contributed by atoms with Crippen LogP contribution in [-0.2, 0) is 4.74 Å². The van der Waals surface area contributed by atoms with Crippen molar-refractivity contribution in [1.82, 2.24) is 10.6 Å². The summed E-state index contributed by atoms with van der Waals surface area (Å²) in [6, 6.07) is 11.1. The highest BCUT2D eigenvalue weighted by Gasteiger charge is 2.15. The van der Waals surface area contributed by atoms with Crippen LogP contribution in [0.15, 0.2) is 46.0 Å². The molecule has 1 aliphatic heterocycles. The van der Waals surface area contributed by atoms with Gasteiger partial charge in [0.2, 0.25) is 0 Å². The van der Waals surface area contributed by atoms with Gasteiger partial charge in [-0.1, -0.05) is 35.5 Å². The van der Waals surface area contributed by atoms with Crippen LogP contribution in [0.4, 0.5) is 0 Å². The maximum Gasteiger partial charge on any atom is 0.293 e. The fraction of sp³-hybridized carbons (Fsp3) is 0.267. The fourth-order valence-electron chi connectivity index (χ4n) is 2.05. The van der Waals surface area contributed by atoms with Crippen molar-refractivity contribution in [2.75, 3.05) is 13.2 Å². The van der Waals surface area contributed by atoms with Crippen molar-refractivity contribution in [2.24, 2.45) is 11.0 Å². The van der Waals surface area contributed by atoms with Crippen LogP contribution in [0.1, 0.15) is 16.9 Å². The van der Waals surface area contributed by atoms with Crippen LogP contribution < -0.4 is 5.43 Å². The summed E-state index contributed by atoms with van der Waals surface area (Å²) in [4.78, 5) is 11.9. The molecule has 0 aliphatic carbocycles. The van der Waals surface area contributed by atoms with Gasteiger partial charge < -0.3 is 9.26 Å². The zero-order chi connectivity index (χ0) is 14.5. The van der Waals surface area contributed by atoms with Gasteiger partial charge in [0.05, 0.1) is 6.61 Å². The molecule has 0 spiro atoms. The van der Waals surface area contributed by atoms with E-state index < -0.39 is 5.91 Å². The highest BCUT2D eigenvalue weighted by molar-refractivity contribution is 5.93. The Hall–Kier alpha value is -2.47. The zero-order valence-electron chi connectivity index (χ0n) is 11.4. The minimum atomic E-state index is -0.393. The molecule has 108 valence electrons. The molecule has 1 N–H and O–H groups in total. The third-order valence-electron chi connectivity index (χ3n) is 3.22. The van der Waals surface area contributed by atoms with Crippen molar-refractivity contribution in [1.29, 1.82) is 0 Å². The van der Waals surface area contributed by atoms with Gasteiger partial charge in [-0.15, -0.1) is 0 Å². The lowest BCUT2D eigenvalue weighted by Gasteiger charge is -1.98. The van der Waals surface area contributed by atoms with Crippen molar-refractivity contribution >= 4 is 12.1 Å². The Bertz CT molecular complexity index is 631. The van der Waals surface area contributed by atoms with Gasteiger partial charge in [-0.05, 0) is 6.42 Å². The summed E-state index contributed by atoms with van der Waals surface area (Å²) in [5, 5.41) is 7.68. The molecule has 1 aliphatic rings. The largest absolute Gasteiger partial charge is 0.381 e. The third-order valence-corrected chi connectivity index (χ3v) is 3.22. The van der Waals surface area contributed by atoms with Gasteiger partial charge in [0.1, 0.15) is 0 Å². The highest BCUT2D eigenvalue weighted by atomic mass is 16.5. The first kappa shape index (κ1) is 13.5. The summed E-state index contributed by atoms with van der Waals surface area (Å²) in [6.45, 7) is 1.40. The standard InChI is InChI=1S/C15H15N3O3/c19-15(17-16-9-11-6-7-20-10-11)13-8-14(21-18-13)12-4-2-1-3-5-12/h1-5,8-9,11H,6-7,10H2,(H,17,19). The summed E-state index contributed by atoms with van der Waals surface area (Å²) >= 11 is 0. The van der Waals surface area contributed by atoms with E-state index in [1.54, 1.807) is 12.3 Å². The van der Waals surface area contributed by atoms with Gasteiger partial charge in [-0.2, -0.15) is 5.10 Å². The summed E-state index contributed by atoms with van der Waals surface area (Å²) in [5.41, 5.74) is 3.52. The number of carbonyl (C=O) groups excluding carboxylic acids is 1. The Balaban J connectivity index is 1.61. The number of benzene rings is 1. The van der Waals surface area contributed by atoms with Crippen molar-refractivity contribution in [3.63, 3.8) is 0 Å². The molecule has 2 aromatic rings. The first-order chi connectivity index (χ1) is 10.3. The molecular weight excluding hydrogens is 270 g/mol. The van der Waals surface area contributed by atoms with Gasteiger partial charge in [-0.25, -0.2) is 5.43 Å². The van der Waals surface area contributed by atoms with E-state index in [0.29, 0.717) is 12.4 Å². The number of rotatable bonds is 4. The molecular formula is C15H15N3O3. The number of amides is 1. The van der Waals surface area contributed by atoms with E-state index in [1.807, 2.05) is 30.3 Å². The monoisotopic (exact) mass is 285 g/mol. The molecule has 0 saturated carbocycles. The van der Waals surface area contributed by atoms with Crippen LogP contribution >= 0.6 is 0 Å². The average molecular weight is 285 g/mol. The molecule has 2 heterocycles. The topological polar surface area (TPSA) is 76.7 Å². The molecule has 0 bridgehead atoms. The quantitative estimate of drug-likeness (QED) is 0.689. The summed E-state index contributed by atoms with van der Waals surface area (Å²) in [6.07, 6.45) is 2.63. The Morgan fingerprint density at radius 3 is 3.00 bits per heavy atom. The lowest BCUT2D eigenvalue weighted by Crippen LogP contribution is -2.18. The second-order valence-corrected chi connectivity index (χ2v) is 4.79. The second kappa shape index (κ2) is 6.32. The van der Waals surface area contributed by atoms with E-state index in [1.165, 1.54) is 0 Å². The van der Waals surface area contributed by atoms with Crippen molar-refractivity contribution < 1.29 is 14.1 Å². The minimum absolute atomic E-state index is 0.202. The number of hydrogen-bond acceptors (Lipinski definition) is 5. The molecule has 1 fully saturated rings. The van der Waals surface area contributed by atoms with Crippen molar-refractivity contribution in [2.45, 2.75) is 6.42 Å². The SMILES string of the molecule is O=C(NN=CC1CCOC1)c1cc(-c2ccccc2)on1. The van der Waals surface area contributed by atoms with E-state index in [-0.39, 0.29) is 11.6 Å². The first-order valence-electron chi connectivity index (χ1n) is 6.76. The van der Waals surface area contributed by atoms with E-state index >= 15 is 0 Å². The molecule has 1 atom stereocenters. The third kappa shape index (κ3) is 3.35. The van der Waals surface area contributed by atoms with E-state index in [2.05, 4.69) is 15.7 Å². The summed E-state index contributed by atoms with van der Waals surface area (Å²) < 4.78 is 10.4. The number of hydrogen-bond donors (Lipinski definition) is 1. The predicted octanol–water partition coefficient (Wildman–Crippen LogP) is 2.09. The molecule has 1 aromatic heterocycles. The smallest absolute Gasteiger partial charge is 0.293 e. The highest BCUT2D eigenvalue weighted by Crippen LogP contribution is 2.19. The van der Waals surface area contributed by atoms with Crippen LogP contribution in [0.5, 0.6) is 0 Å². The van der Waals surface area contributed by atoms with Crippen LogP contribution in [0.2, 0.25) is 0 Å². The lowest BCUT2D eigenvalue weighted by molar-refractivity contribution is 0.0946. The molecule has 1 saturated heterocycles. The molecule has 1 unspecified atom stereocenters. The summed E-state index contributed by atoms with van der Waals surface area (Å²) in [7, 11) is 0. The molecule has 1 amide bonds. The lowest BCUT2D eigenvalue weighted by atomic mass is 10.1. The van der Waals surface area contributed by atoms with Gasteiger partial charge in [-0.3, -0.25) is 4.79 Å². The second-order valence-electron chi connectivity index (χ2n) is 4.79. The average Bonchev–Trinajstić information content (AvgIpc) is 3.20.